The summed E-state index contributed by atoms with van der Waals surface area (Å²) in [4.78, 5) is 24.5. The summed E-state index contributed by atoms with van der Waals surface area (Å²) in [6.07, 6.45) is 0.638. The smallest absolute Gasteiger partial charge is 0.338 e. The van der Waals surface area contributed by atoms with E-state index in [-0.39, 0.29) is 16.2 Å². The van der Waals surface area contributed by atoms with Gasteiger partial charge in [-0.15, -0.1) is 0 Å². The molecule has 0 saturated carbocycles. The molecule has 0 aliphatic carbocycles. The average molecular weight is 421 g/mol. The molecule has 0 unspecified atom stereocenters. The number of sulfonamides is 1. The third kappa shape index (κ3) is 3.84. The van der Waals surface area contributed by atoms with Gasteiger partial charge in [0.1, 0.15) is 0 Å². The predicted molar refractivity (Wildman–Crippen MR) is 112 cm³/mol. The second-order valence-electron chi connectivity index (χ2n) is 6.85. The summed E-state index contributed by atoms with van der Waals surface area (Å²) >= 11 is 0. The Balaban J connectivity index is 1.51. The molecule has 30 heavy (non-hydrogen) atoms. The highest BCUT2D eigenvalue weighted by atomic mass is 32.2. The highest BCUT2D eigenvalue weighted by Crippen LogP contribution is 2.32. The largest absolute Gasteiger partial charge is 0.454 e. The zero-order valence-electron chi connectivity index (χ0n) is 16.0. The van der Waals surface area contributed by atoms with Crippen molar-refractivity contribution in [1.82, 2.24) is 0 Å². The van der Waals surface area contributed by atoms with Crippen molar-refractivity contribution in [2.24, 2.45) is 0 Å². The lowest BCUT2D eigenvalue weighted by atomic mass is 10.1. The summed E-state index contributed by atoms with van der Waals surface area (Å²) in [7, 11) is -3.82. The molecule has 0 spiro atoms. The van der Waals surface area contributed by atoms with E-state index in [0.717, 1.165) is 5.56 Å². The normalized spacial score (nSPS) is 13.0. The maximum absolute atomic E-state index is 13.1. The molecule has 3 aromatic rings. The van der Waals surface area contributed by atoms with Gasteiger partial charge in [-0.25, -0.2) is 13.2 Å². The third-order valence-corrected chi connectivity index (χ3v) is 6.74. The van der Waals surface area contributed by atoms with Crippen LogP contribution in [0.25, 0.3) is 0 Å². The first-order valence-corrected chi connectivity index (χ1v) is 10.9. The molecule has 6 nitrogen and oxygen atoms in total. The molecule has 152 valence electrons. The van der Waals surface area contributed by atoms with Crippen LogP contribution in [0.2, 0.25) is 0 Å². The van der Waals surface area contributed by atoms with Gasteiger partial charge in [0.25, 0.3) is 10.0 Å². The lowest BCUT2D eigenvalue weighted by Crippen LogP contribution is -2.29. The molecule has 0 radical (unpaired) electrons. The van der Waals surface area contributed by atoms with Crippen molar-refractivity contribution in [2.45, 2.75) is 11.3 Å². The number of carbonyl (C=O) groups is 2. The monoisotopic (exact) mass is 421 g/mol. The van der Waals surface area contributed by atoms with E-state index in [1.54, 1.807) is 42.5 Å². The molecule has 0 aromatic heterocycles. The number of ketones is 1. The lowest BCUT2D eigenvalue weighted by Gasteiger charge is -2.19. The average Bonchev–Trinajstić information content (AvgIpc) is 3.23. The van der Waals surface area contributed by atoms with E-state index < -0.39 is 22.6 Å². The van der Waals surface area contributed by atoms with Gasteiger partial charge in [0.05, 0.1) is 16.1 Å². The van der Waals surface area contributed by atoms with Crippen molar-refractivity contribution in [1.29, 1.82) is 0 Å². The number of esters is 1. The van der Waals surface area contributed by atoms with E-state index >= 15 is 0 Å². The maximum atomic E-state index is 13.1. The predicted octanol–water partition coefficient (Wildman–Crippen LogP) is 3.48. The Hall–Kier alpha value is -3.45. The van der Waals surface area contributed by atoms with Gasteiger partial charge in [0.15, 0.2) is 12.4 Å². The first kappa shape index (κ1) is 19.8. The fourth-order valence-corrected chi connectivity index (χ4v) is 4.94. The Bertz CT molecular complexity index is 1210. The quantitative estimate of drug-likeness (QED) is 0.450. The van der Waals surface area contributed by atoms with Crippen LogP contribution >= 0.6 is 0 Å². The number of fused-ring (bicyclic) bond motifs is 1. The van der Waals surface area contributed by atoms with Crippen molar-refractivity contribution < 1.29 is 22.7 Å². The number of para-hydroxylation sites is 1. The topological polar surface area (TPSA) is 80.8 Å². The number of hydrogen-bond donors (Lipinski definition) is 0. The first-order chi connectivity index (χ1) is 14.5. The zero-order valence-corrected chi connectivity index (χ0v) is 16.8. The Morgan fingerprint density at radius 2 is 1.57 bits per heavy atom. The second-order valence-corrected chi connectivity index (χ2v) is 8.71. The Kier molecular flexibility index (Phi) is 5.37. The van der Waals surface area contributed by atoms with Gasteiger partial charge >= 0.3 is 5.97 Å². The minimum Gasteiger partial charge on any atom is -0.454 e. The number of rotatable bonds is 6. The number of benzene rings is 3. The zero-order chi connectivity index (χ0) is 21.1. The van der Waals surface area contributed by atoms with E-state index in [1.165, 1.54) is 28.6 Å². The fraction of sp³-hybridized carbons (Fsp3) is 0.130. The van der Waals surface area contributed by atoms with Crippen LogP contribution in [0.5, 0.6) is 0 Å². The summed E-state index contributed by atoms with van der Waals surface area (Å²) in [5.74, 6) is -1.08. The van der Waals surface area contributed by atoms with Gasteiger partial charge in [-0.2, -0.15) is 0 Å². The summed E-state index contributed by atoms with van der Waals surface area (Å²) < 4.78 is 32.7. The van der Waals surface area contributed by atoms with Crippen LogP contribution in [-0.2, 0) is 21.2 Å². The Morgan fingerprint density at radius 3 is 2.37 bits per heavy atom. The van der Waals surface area contributed by atoms with Gasteiger partial charge in [0, 0.05) is 12.1 Å². The summed E-state index contributed by atoms with van der Waals surface area (Å²) in [5, 5.41) is 0. The third-order valence-electron chi connectivity index (χ3n) is 4.93. The molecular formula is C23H19NO5S. The van der Waals surface area contributed by atoms with Crippen LogP contribution in [0.15, 0.2) is 83.8 Å². The number of anilines is 1. The Labute approximate surface area is 174 Å². The molecule has 4 rings (SSSR count). The number of hydrogen-bond acceptors (Lipinski definition) is 5. The van der Waals surface area contributed by atoms with Crippen LogP contribution in [0.3, 0.4) is 0 Å². The van der Waals surface area contributed by atoms with Crippen molar-refractivity contribution in [3.05, 3.63) is 95.6 Å². The van der Waals surface area contributed by atoms with Gasteiger partial charge in [0.2, 0.25) is 0 Å². The SMILES string of the molecule is O=C(COC(=O)c1cccc(S(=O)(=O)N2CCc3ccccc32)c1)c1ccccc1. The van der Waals surface area contributed by atoms with Crippen molar-refractivity contribution in [2.75, 3.05) is 17.5 Å². The fourth-order valence-electron chi connectivity index (χ4n) is 3.39. The first-order valence-electron chi connectivity index (χ1n) is 9.43. The second kappa shape index (κ2) is 8.12. The summed E-state index contributed by atoms with van der Waals surface area (Å²) in [6.45, 7) is -0.0682. The highest BCUT2D eigenvalue weighted by molar-refractivity contribution is 7.92. The molecule has 0 bridgehead atoms. The van der Waals surface area contributed by atoms with Crippen LogP contribution in [0.1, 0.15) is 26.3 Å². The van der Waals surface area contributed by atoms with Crippen LogP contribution < -0.4 is 4.31 Å². The summed E-state index contributed by atoms with van der Waals surface area (Å²) in [5.41, 5.74) is 2.13. The molecule has 0 saturated heterocycles. The molecule has 1 heterocycles. The minimum atomic E-state index is -3.82. The minimum absolute atomic E-state index is 0.00281. The van der Waals surface area contributed by atoms with Crippen molar-refractivity contribution in [3.8, 4) is 0 Å². The van der Waals surface area contributed by atoms with Crippen LogP contribution in [0, 0.1) is 0 Å². The van der Waals surface area contributed by atoms with Crippen LogP contribution in [0.4, 0.5) is 5.69 Å². The molecule has 1 aliphatic heterocycles. The number of Topliss-reactive ketones (excluding diaryl/α,β-unsaturated/α-hetero) is 1. The highest BCUT2D eigenvalue weighted by Gasteiger charge is 2.31. The molecule has 0 atom stereocenters. The van der Waals surface area contributed by atoms with Crippen LogP contribution in [-0.4, -0.2) is 33.3 Å². The van der Waals surface area contributed by atoms with Gasteiger partial charge in [-0.3, -0.25) is 9.10 Å². The van der Waals surface area contributed by atoms with Gasteiger partial charge in [-0.05, 0) is 36.2 Å². The molecule has 0 amide bonds. The molecule has 0 fully saturated rings. The standard InChI is InChI=1S/C23H19NO5S/c25-22(18-8-2-1-3-9-18)16-29-23(26)19-10-6-11-20(15-19)30(27,28)24-14-13-17-7-4-5-12-21(17)24/h1-12,15H,13-14,16H2. The van der Waals surface area contributed by atoms with E-state index in [0.29, 0.717) is 24.2 Å². The van der Waals surface area contributed by atoms with Crippen molar-refractivity contribution >= 4 is 27.5 Å². The molecule has 3 aromatic carbocycles. The molecular weight excluding hydrogens is 402 g/mol. The number of nitrogens with zero attached hydrogens (tertiary/aromatic N) is 1. The van der Waals surface area contributed by atoms with E-state index in [1.807, 2.05) is 12.1 Å². The molecule has 7 heteroatoms. The van der Waals surface area contributed by atoms with E-state index in [9.17, 15) is 18.0 Å². The van der Waals surface area contributed by atoms with E-state index in [2.05, 4.69) is 0 Å². The molecule has 1 aliphatic rings. The van der Waals surface area contributed by atoms with E-state index in [4.69, 9.17) is 4.74 Å². The van der Waals surface area contributed by atoms with Gasteiger partial charge < -0.3 is 4.74 Å². The summed E-state index contributed by atoms with van der Waals surface area (Å²) in [6, 6.07) is 21.5. The van der Waals surface area contributed by atoms with Gasteiger partial charge in [-0.1, -0.05) is 54.6 Å². The Morgan fingerprint density at radius 1 is 0.867 bits per heavy atom. The number of ether oxygens (including phenoxy) is 1. The number of carbonyl (C=O) groups excluding carboxylic acids is 2. The lowest BCUT2D eigenvalue weighted by molar-refractivity contribution is 0.0474. The molecule has 0 N–H and O–H groups in total. The maximum Gasteiger partial charge on any atom is 0.338 e. The van der Waals surface area contributed by atoms with Crippen molar-refractivity contribution in [3.63, 3.8) is 0 Å².